The summed E-state index contributed by atoms with van der Waals surface area (Å²) in [5.74, 6) is 1.83. The maximum Gasteiger partial charge on any atom is 0.230 e. The molecule has 7 heteroatoms. The van der Waals surface area contributed by atoms with Gasteiger partial charge in [-0.2, -0.15) is 4.98 Å². The molecule has 0 amide bonds. The number of nitrogens with two attached hydrogens (primary N) is 1. The zero-order valence-corrected chi connectivity index (χ0v) is 11.3. The second kappa shape index (κ2) is 5.54. The molecule has 1 aliphatic rings. The molecule has 1 aliphatic carbocycles. The van der Waals surface area contributed by atoms with E-state index in [4.69, 9.17) is 15.0 Å². The zero-order valence-electron chi connectivity index (χ0n) is 11.3. The van der Waals surface area contributed by atoms with Crippen molar-refractivity contribution < 1.29 is 9.26 Å². The highest BCUT2D eigenvalue weighted by Gasteiger charge is 2.26. The summed E-state index contributed by atoms with van der Waals surface area (Å²) in [7, 11) is 1.55. The van der Waals surface area contributed by atoms with Crippen LogP contribution in [0, 0.1) is 0 Å². The Labute approximate surface area is 116 Å². The van der Waals surface area contributed by atoms with Crippen molar-refractivity contribution in [2.75, 3.05) is 7.11 Å². The van der Waals surface area contributed by atoms with Crippen molar-refractivity contribution in [3.63, 3.8) is 0 Å². The first-order valence-electron chi connectivity index (χ1n) is 6.72. The van der Waals surface area contributed by atoms with Gasteiger partial charge < -0.3 is 15.0 Å². The molecule has 3 rings (SSSR count). The third-order valence-electron chi connectivity index (χ3n) is 3.59. The van der Waals surface area contributed by atoms with Crippen LogP contribution < -0.4 is 10.5 Å². The average Bonchev–Trinajstić information content (AvgIpc) is 2.97. The number of hydrogen-bond acceptors (Lipinski definition) is 7. The lowest BCUT2D eigenvalue weighted by molar-refractivity contribution is 0.299. The molecule has 0 bridgehead atoms. The summed E-state index contributed by atoms with van der Waals surface area (Å²) in [5, 5.41) is 3.99. The van der Waals surface area contributed by atoms with Gasteiger partial charge in [-0.05, 0) is 19.3 Å². The summed E-state index contributed by atoms with van der Waals surface area (Å²) in [4.78, 5) is 12.5. The Morgan fingerprint density at radius 2 is 2.25 bits per heavy atom. The largest absolute Gasteiger partial charge is 0.481 e. The number of aromatic nitrogens is 4. The van der Waals surface area contributed by atoms with E-state index in [1.54, 1.807) is 13.2 Å². The molecule has 0 spiro atoms. The van der Waals surface area contributed by atoms with Gasteiger partial charge >= 0.3 is 0 Å². The van der Waals surface area contributed by atoms with E-state index < -0.39 is 0 Å². The molecule has 2 aromatic rings. The van der Waals surface area contributed by atoms with Gasteiger partial charge in [0.25, 0.3) is 0 Å². The molecule has 1 fully saturated rings. The lowest BCUT2D eigenvalue weighted by Crippen LogP contribution is -2.26. The maximum atomic E-state index is 5.99. The maximum absolute atomic E-state index is 5.99. The Bertz CT molecular complexity index is 586. The number of hydrogen-bond donors (Lipinski definition) is 1. The fraction of sp³-hybridized carbons (Fsp3) is 0.538. The van der Waals surface area contributed by atoms with E-state index in [1.165, 1.54) is 6.33 Å². The highest BCUT2D eigenvalue weighted by molar-refractivity contribution is 5.49. The first-order valence-corrected chi connectivity index (χ1v) is 6.72. The molecular weight excluding hydrogens is 258 g/mol. The topological polar surface area (TPSA) is 100.0 Å². The van der Waals surface area contributed by atoms with Gasteiger partial charge in [0.1, 0.15) is 12.0 Å². The first-order chi connectivity index (χ1) is 9.76. The average molecular weight is 275 g/mol. The normalized spacial score (nSPS) is 22.7. The smallest absolute Gasteiger partial charge is 0.230 e. The third kappa shape index (κ3) is 2.62. The molecule has 0 saturated heterocycles. The molecule has 2 heterocycles. The van der Waals surface area contributed by atoms with Gasteiger partial charge in [-0.25, -0.2) is 9.97 Å². The van der Waals surface area contributed by atoms with Gasteiger partial charge in [0.05, 0.1) is 7.11 Å². The number of ether oxygens (including phenoxy) is 1. The Kier molecular flexibility index (Phi) is 3.60. The predicted octanol–water partition coefficient (Wildman–Crippen LogP) is 1.52. The highest BCUT2D eigenvalue weighted by atomic mass is 16.5. The molecule has 7 nitrogen and oxygen atoms in total. The third-order valence-corrected chi connectivity index (χ3v) is 3.59. The lowest BCUT2D eigenvalue weighted by atomic mass is 9.86. The Balaban J connectivity index is 1.82. The second-order valence-corrected chi connectivity index (χ2v) is 5.03. The quantitative estimate of drug-likeness (QED) is 0.906. The molecule has 0 aliphatic heterocycles. The van der Waals surface area contributed by atoms with Gasteiger partial charge in [-0.1, -0.05) is 11.6 Å². The van der Waals surface area contributed by atoms with Gasteiger partial charge in [0.2, 0.25) is 17.6 Å². The summed E-state index contributed by atoms with van der Waals surface area (Å²) in [6.45, 7) is 0. The molecule has 2 unspecified atom stereocenters. The van der Waals surface area contributed by atoms with E-state index in [0.717, 1.165) is 25.7 Å². The van der Waals surface area contributed by atoms with Crippen LogP contribution in [0.4, 0.5) is 0 Å². The standard InChI is InChI=1S/C13H17N5O2/c1-19-11-6-10(15-7-16-11)12-17-13(20-18-12)8-3-2-4-9(14)5-8/h6-9H,2-5,14H2,1H3. The van der Waals surface area contributed by atoms with Crippen LogP contribution in [0.2, 0.25) is 0 Å². The number of nitrogens with zero attached hydrogens (tertiary/aromatic N) is 4. The Hall–Kier alpha value is -2.02. The lowest BCUT2D eigenvalue weighted by Gasteiger charge is -2.23. The van der Waals surface area contributed by atoms with Crippen LogP contribution in [0.25, 0.3) is 11.5 Å². The van der Waals surface area contributed by atoms with E-state index >= 15 is 0 Å². The van der Waals surface area contributed by atoms with Crippen LogP contribution in [0.15, 0.2) is 16.9 Å². The summed E-state index contributed by atoms with van der Waals surface area (Å²) in [6, 6.07) is 1.91. The molecule has 2 N–H and O–H groups in total. The van der Waals surface area contributed by atoms with Crippen LogP contribution in [0.3, 0.4) is 0 Å². The Morgan fingerprint density at radius 3 is 3.05 bits per heavy atom. The molecule has 1 saturated carbocycles. The van der Waals surface area contributed by atoms with Gasteiger partial charge in [0, 0.05) is 18.0 Å². The summed E-state index contributed by atoms with van der Waals surface area (Å²) in [5.41, 5.74) is 6.58. The van der Waals surface area contributed by atoms with E-state index in [-0.39, 0.29) is 12.0 Å². The summed E-state index contributed by atoms with van der Waals surface area (Å²) >= 11 is 0. The highest BCUT2D eigenvalue weighted by Crippen LogP contribution is 2.32. The van der Waals surface area contributed by atoms with Crippen LogP contribution in [-0.2, 0) is 0 Å². The van der Waals surface area contributed by atoms with E-state index in [1.807, 2.05) is 0 Å². The molecule has 106 valence electrons. The van der Waals surface area contributed by atoms with E-state index in [9.17, 15) is 0 Å². The van der Waals surface area contributed by atoms with Crippen LogP contribution >= 0.6 is 0 Å². The van der Waals surface area contributed by atoms with Crippen molar-refractivity contribution in [3.05, 3.63) is 18.3 Å². The molecule has 2 aromatic heterocycles. The SMILES string of the molecule is COc1cc(-c2noc(C3CCCC(N)C3)n2)ncn1. The zero-order chi connectivity index (χ0) is 13.9. The van der Waals surface area contributed by atoms with Gasteiger partial charge in [-0.15, -0.1) is 0 Å². The van der Waals surface area contributed by atoms with Crippen molar-refractivity contribution >= 4 is 0 Å². The Morgan fingerprint density at radius 1 is 1.35 bits per heavy atom. The number of rotatable bonds is 3. The van der Waals surface area contributed by atoms with Crippen LogP contribution in [-0.4, -0.2) is 33.3 Å². The van der Waals surface area contributed by atoms with Crippen molar-refractivity contribution in [2.24, 2.45) is 5.73 Å². The molecular formula is C13H17N5O2. The fourth-order valence-electron chi connectivity index (χ4n) is 2.53. The van der Waals surface area contributed by atoms with Crippen molar-refractivity contribution in [2.45, 2.75) is 37.6 Å². The predicted molar refractivity (Wildman–Crippen MR) is 71.1 cm³/mol. The van der Waals surface area contributed by atoms with Crippen LogP contribution in [0.5, 0.6) is 5.88 Å². The summed E-state index contributed by atoms with van der Waals surface area (Å²) in [6.07, 6.45) is 5.53. The summed E-state index contributed by atoms with van der Waals surface area (Å²) < 4.78 is 10.4. The van der Waals surface area contributed by atoms with E-state index in [0.29, 0.717) is 23.3 Å². The fourth-order valence-corrected chi connectivity index (χ4v) is 2.53. The molecule has 20 heavy (non-hydrogen) atoms. The minimum Gasteiger partial charge on any atom is -0.481 e. The first kappa shape index (κ1) is 13.0. The number of methoxy groups -OCH3 is 1. The molecule has 0 radical (unpaired) electrons. The minimum atomic E-state index is 0.225. The van der Waals surface area contributed by atoms with Crippen molar-refractivity contribution in [3.8, 4) is 17.4 Å². The van der Waals surface area contributed by atoms with Crippen LogP contribution in [0.1, 0.15) is 37.5 Å². The van der Waals surface area contributed by atoms with Gasteiger partial charge in [-0.3, -0.25) is 0 Å². The molecule has 0 aromatic carbocycles. The minimum absolute atomic E-state index is 0.225. The van der Waals surface area contributed by atoms with E-state index in [2.05, 4.69) is 20.1 Å². The van der Waals surface area contributed by atoms with Gasteiger partial charge in [0.15, 0.2) is 0 Å². The second-order valence-electron chi connectivity index (χ2n) is 5.03. The monoisotopic (exact) mass is 275 g/mol. The molecule has 2 atom stereocenters. The van der Waals surface area contributed by atoms with Crippen molar-refractivity contribution in [1.82, 2.24) is 20.1 Å². The van der Waals surface area contributed by atoms with Crippen molar-refractivity contribution in [1.29, 1.82) is 0 Å².